The molecule has 17 heavy (non-hydrogen) atoms. The van der Waals surface area contributed by atoms with Gasteiger partial charge >= 0.3 is 5.97 Å². The molecule has 1 fully saturated rings. The van der Waals surface area contributed by atoms with E-state index in [1.165, 1.54) is 4.90 Å². The van der Waals surface area contributed by atoms with E-state index in [-0.39, 0.29) is 18.4 Å². The van der Waals surface area contributed by atoms with Gasteiger partial charge in [-0.05, 0) is 24.7 Å². The van der Waals surface area contributed by atoms with Gasteiger partial charge in [-0.3, -0.25) is 9.59 Å². The second-order valence-electron chi connectivity index (χ2n) is 4.97. The predicted octanol–water partition coefficient (Wildman–Crippen LogP) is 0.683. The van der Waals surface area contributed by atoms with Crippen LogP contribution in [0.4, 0.5) is 0 Å². The molecule has 0 radical (unpaired) electrons. The fourth-order valence-electron chi connectivity index (χ4n) is 1.72. The smallest absolute Gasteiger partial charge is 0.323 e. The molecule has 1 amide bonds. The summed E-state index contributed by atoms with van der Waals surface area (Å²) in [7, 11) is 0. The fourth-order valence-corrected chi connectivity index (χ4v) is 1.72. The van der Waals surface area contributed by atoms with Crippen LogP contribution in [0.5, 0.6) is 0 Å². The molecular weight excluding hydrogens is 220 g/mol. The standard InChI is InChI=1S/C12H22N2O3/c1-3-8(2)11(13)12(17)14(7-10(15)16)6-9-4-5-9/h8-9,11H,3-7,13H2,1-2H3,(H,15,16)/t8?,11-/m0/s1. The van der Waals surface area contributed by atoms with Crippen molar-refractivity contribution in [3.05, 3.63) is 0 Å². The van der Waals surface area contributed by atoms with Crippen LogP contribution in [0.15, 0.2) is 0 Å². The molecule has 1 aliphatic rings. The molecule has 0 bridgehead atoms. The highest BCUT2D eigenvalue weighted by molar-refractivity contribution is 5.85. The predicted molar refractivity (Wildman–Crippen MR) is 64.4 cm³/mol. The number of carbonyl (C=O) groups is 2. The van der Waals surface area contributed by atoms with Gasteiger partial charge in [0.25, 0.3) is 0 Å². The molecule has 0 saturated heterocycles. The molecule has 0 aromatic heterocycles. The Balaban J connectivity index is 2.59. The lowest BCUT2D eigenvalue weighted by Gasteiger charge is -2.26. The van der Waals surface area contributed by atoms with Crippen molar-refractivity contribution < 1.29 is 14.7 Å². The van der Waals surface area contributed by atoms with Crippen LogP contribution in [0.1, 0.15) is 33.1 Å². The first-order valence-corrected chi connectivity index (χ1v) is 6.21. The summed E-state index contributed by atoms with van der Waals surface area (Å²) >= 11 is 0. The molecule has 1 aliphatic carbocycles. The van der Waals surface area contributed by atoms with Gasteiger partial charge in [0.2, 0.25) is 5.91 Å². The molecule has 98 valence electrons. The molecule has 1 unspecified atom stereocenters. The summed E-state index contributed by atoms with van der Waals surface area (Å²) in [4.78, 5) is 24.2. The highest BCUT2D eigenvalue weighted by atomic mass is 16.4. The van der Waals surface area contributed by atoms with Crippen molar-refractivity contribution in [3.8, 4) is 0 Å². The first-order chi connectivity index (χ1) is 7.95. The maximum atomic E-state index is 12.1. The van der Waals surface area contributed by atoms with Crippen molar-refractivity contribution in [1.82, 2.24) is 4.90 Å². The summed E-state index contributed by atoms with van der Waals surface area (Å²) in [5.41, 5.74) is 5.86. The average molecular weight is 242 g/mol. The van der Waals surface area contributed by atoms with E-state index >= 15 is 0 Å². The molecule has 3 N–H and O–H groups in total. The minimum atomic E-state index is -0.977. The van der Waals surface area contributed by atoms with Crippen LogP contribution in [-0.4, -0.2) is 41.0 Å². The molecule has 1 saturated carbocycles. The zero-order valence-electron chi connectivity index (χ0n) is 10.6. The summed E-state index contributed by atoms with van der Waals surface area (Å²) in [5.74, 6) is -0.649. The molecule has 0 aromatic carbocycles. The summed E-state index contributed by atoms with van der Waals surface area (Å²) in [5, 5.41) is 8.81. The molecule has 5 nitrogen and oxygen atoms in total. The third-order valence-electron chi connectivity index (χ3n) is 3.36. The SMILES string of the molecule is CCC(C)[C@H](N)C(=O)N(CC(=O)O)CC1CC1. The number of carboxylic acid groups (broad SMARTS) is 1. The Labute approximate surface area is 102 Å². The summed E-state index contributed by atoms with van der Waals surface area (Å²) in [6.45, 7) is 4.19. The Morgan fingerprint density at radius 1 is 1.47 bits per heavy atom. The third-order valence-corrected chi connectivity index (χ3v) is 3.36. The number of aliphatic carboxylic acids is 1. The van der Waals surface area contributed by atoms with Gasteiger partial charge in [0.05, 0.1) is 6.04 Å². The van der Waals surface area contributed by atoms with Crippen LogP contribution >= 0.6 is 0 Å². The number of nitrogens with two attached hydrogens (primary N) is 1. The number of carbonyl (C=O) groups excluding carboxylic acids is 1. The van der Waals surface area contributed by atoms with Crippen LogP contribution in [-0.2, 0) is 9.59 Å². The van der Waals surface area contributed by atoms with E-state index in [9.17, 15) is 9.59 Å². The van der Waals surface area contributed by atoms with Crippen LogP contribution in [0.25, 0.3) is 0 Å². The van der Waals surface area contributed by atoms with Crippen LogP contribution in [0, 0.1) is 11.8 Å². The number of nitrogens with zero attached hydrogens (tertiary/aromatic N) is 1. The number of carboxylic acids is 1. The van der Waals surface area contributed by atoms with Crippen molar-refractivity contribution in [2.24, 2.45) is 17.6 Å². The summed E-state index contributed by atoms with van der Waals surface area (Å²) in [6, 6.07) is -0.585. The van der Waals surface area contributed by atoms with E-state index in [2.05, 4.69) is 0 Å². The van der Waals surface area contributed by atoms with Crippen molar-refractivity contribution in [2.75, 3.05) is 13.1 Å². The monoisotopic (exact) mass is 242 g/mol. The molecular formula is C12H22N2O3. The number of rotatable bonds is 7. The van der Waals surface area contributed by atoms with Gasteiger partial charge in [0, 0.05) is 6.54 Å². The molecule has 1 rings (SSSR count). The fraction of sp³-hybridized carbons (Fsp3) is 0.833. The Kier molecular flexibility index (Phi) is 4.93. The zero-order chi connectivity index (χ0) is 13.0. The zero-order valence-corrected chi connectivity index (χ0v) is 10.6. The van der Waals surface area contributed by atoms with Crippen LogP contribution in [0.3, 0.4) is 0 Å². The minimum absolute atomic E-state index is 0.0815. The topological polar surface area (TPSA) is 83.6 Å². The van der Waals surface area contributed by atoms with E-state index in [1.54, 1.807) is 0 Å². The van der Waals surface area contributed by atoms with Crippen LogP contribution < -0.4 is 5.73 Å². The third kappa shape index (κ3) is 4.34. The molecule has 5 heteroatoms. The van der Waals surface area contributed by atoms with E-state index < -0.39 is 12.0 Å². The molecule has 2 atom stereocenters. The van der Waals surface area contributed by atoms with Gasteiger partial charge in [-0.2, -0.15) is 0 Å². The van der Waals surface area contributed by atoms with Gasteiger partial charge in [-0.15, -0.1) is 0 Å². The normalized spacial score (nSPS) is 18.5. The second-order valence-corrected chi connectivity index (χ2v) is 4.97. The van der Waals surface area contributed by atoms with E-state index in [0.29, 0.717) is 12.5 Å². The quantitative estimate of drug-likeness (QED) is 0.687. The second kappa shape index (κ2) is 6.00. The Morgan fingerprint density at radius 2 is 2.06 bits per heavy atom. The number of amides is 1. The van der Waals surface area contributed by atoms with Crippen molar-refractivity contribution in [1.29, 1.82) is 0 Å². The largest absolute Gasteiger partial charge is 0.480 e. The van der Waals surface area contributed by atoms with Crippen molar-refractivity contribution in [2.45, 2.75) is 39.2 Å². The lowest BCUT2D eigenvalue weighted by molar-refractivity contribution is -0.145. The first-order valence-electron chi connectivity index (χ1n) is 6.21. The molecule has 0 spiro atoms. The molecule has 0 aromatic rings. The van der Waals surface area contributed by atoms with Gasteiger partial charge in [-0.25, -0.2) is 0 Å². The summed E-state index contributed by atoms with van der Waals surface area (Å²) in [6.07, 6.45) is 2.99. The highest BCUT2D eigenvalue weighted by Gasteiger charge is 2.31. The Bertz CT molecular complexity index is 289. The van der Waals surface area contributed by atoms with Gasteiger partial charge in [0.15, 0.2) is 0 Å². The van der Waals surface area contributed by atoms with Gasteiger partial charge in [0.1, 0.15) is 6.54 Å². The van der Waals surface area contributed by atoms with E-state index in [0.717, 1.165) is 19.3 Å². The van der Waals surface area contributed by atoms with Gasteiger partial charge < -0.3 is 15.7 Å². The summed E-state index contributed by atoms with van der Waals surface area (Å²) < 4.78 is 0. The Morgan fingerprint density at radius 3 is 2.47 bits per heavy atom. The minimum Gasteiger partial charge on any atom is -0.480 e. The Hall–Kier alpha value is -1.10. The molecule has 0 aliphatic heterocycles. The number of hydrogen-bond donors (Lipinski definition) is 2. The van der Waals surface area contributed by atoms with Crippen LogP contribution in [0.2, 0.25) is 0 Å². The maximum Gasteiger partial charge on any atom is 0.323 e. The average Bonchev–Trinajstić information content (AvgIpc) is 3.08. The highest BCUT2D eigenvalue weighted by Crippen LogP contribution is 2.30. The number of hydrogen-bond acceptors (Lipinski definition) is 3. The lowest BCUT2D eigenvalue weighted by atomic mass is 9.99. The lowest BCUT2D eigenvalue weighted by Crippen LogP contribution is -2.49. The van der Waals surface area contributed by atoms with Crippen molar-refractivity contribution >= 4 is 11.9 Å². The maximum absolute atomic E-state index is 12.1. The first kappa shape index (κ1) is 14.0. The van der Waals surface area contributed by atoms with E-state index in [1.807, 2.05) is 13.8 Å². The molecule has 0 heterocycles. The van der Waals surface area contributed by atoms with Crippen molar-refractivity contribution in [3.63, 3.8) is 0 Å². The van der Waals surface area contributed by atoms with Gasteiger partial charge in [-0.1, -0.05) is 20.3 Å². The van der Waals surface area contributed by atoms with E-state index in [4.69, 9.17) is 10.8 Å².